The van der Waals surface area contributed by atoms with Gasteiger partial charge < -0.3 is 10.5 Å². The molecule has 0 aliphatic rings. The van der Waals surface area contributed by atoms with Gasteiger partial charge in [-0.05, 0) is 24.6 Å². The lowest BCUT2D eigenvalue weighted by Crippen LogP contribution is -2.09. The number of anilines is 1. The zero-order valence-electron chi connectivity index (χ0n) is 11.7. The van der Waals surface area contributed by atoms with Gasteiger partial charge in [0.1, 0.15) is 6.61 Å². The normalized spacial score (nSPS) is 10.7. The van der Waals surface area contributed by atoms with E-state index >= 15 is 0 Å². The van der Waals surface area contributed by atoms with Gasteiger partial charge in [0.2, 0.25) is 0 Å². The van der Waals surface area contributed by atoms with Crippen LogP contribution in [0.3, 0.4) is 0 Å². The van der Waals surface area contributed by atoms with Gasteiger partial charge in [0.05, 0.1) is 27.0 Å². The number of nitrogens with two attached hydrogens (primary N) is 1. The number of nitrogens with zero attached hydrogens (tertiary/aromatic N) is 2. The van der Waals surface area contributed by atoms with Crippen molar-refractivity contribution in [3.8, 4) is 0 Å². The molecule has 0 saturated carbocycles. The van der Waals surface area contributed by atoms with Crippen LogP contribution in [-0.4, -0.2) is 15.7 Å². The molecule has 7 heteroatoms. The molecule has 1 aromatic carbocycles. The molecule has 21 heavy (non-hydrogen) atoms. The van der Waals surface area contributed by atoms with Gasteiger partial charge in [-0.15, -0.1) is 0 Å². The van der Waals surface area contributed by atoms with Crippen molar-refractivity contribution < 1.29 is 9.53 Å². The Hall–Kier alpha value is -1.72. The lowest BCUT2D eigenvalue weighted by atomic mass is 10.2. The van der Waals surface area contributed by atoms with Crippen LogP contribution >= 0.6 is 23.2 Å². The van der Waals surface area contributed by atoms with Crippen molar-refractivity contribution in [2.45, 2.75) is 20.0 Å². The molecule has 2 N–H and O–H groups in total. The highest BCUT2D eigenvalue weighted by Crippen LogP contribution is 2.23. The first-order chi connectivity index (χ1) is 9.93. The fraction of sp³-hybridized carbons (Fsp3) is 0.286. The van der Waals surface area contributed by atoms with Crippen molar-refractivity contribution in [1.82, 2.24) is 9.78 Å². The summed E-state index contributed by atoms with van der Waals surface area (Å²) >= 11 is 12.2. The monoisotopic (exact) mass is 327 g/mol. The highest BCUT2D eigenvalue weighted by Gasteiger charge is 2.17. The van der Waals surface area contributed by atoms with E-state index in [1.165, 1.54) is 6.07 Å². The number of rotatable bonds is 4. The number of aryl methyl sites for hydroxylation is 2. The van der Waals surface area contributed by atoms with E-state index in [9.17, 15) is 4.79 Å². The third-order valence-corrected chi connectivity index (χ3v) is 3.82. The van der Waals surface area contributed by atoms with Gasteiger partial charge in [-0.2, -0.15) is 5.10 Å². The largest absolute Gasteiger partial charge is 0.455 e. The van der Waals surface area contributed by atoms with Crippen LogP contribution in [0.5, 0.6) is 0 Å². The second-order valence-electron chi connectivity index (χ2n) is 4.50. The smallest absolute Gasteiger partial charge is 0.340 e. The number of carbonyl (C=O) groups is 1. The number of esters is 1. The van der Waals surface area contributed by atoms with E-state index in [1.807, 2.05) is 6.92 Å². The summed E-state index contributed by atoms with van der Waals surface area (Å²) in [6, 6.07) is 4.65. The van der Waals surface area contributed by atoms with Gasteiger partial charge >= 0.3 is 5.97 Å². The van der Waals surface area contributed by atoms with E-state index in [4.69, 9.17) is 33.7 Å². The SMILES string of the molecule is CCc1nn(C)c(COC(=O)c2cc(N)ccc2Cl)c1Cl. The Morgan fingerprint density at radius 3 is 2.76 bits per heavy atom. The van der Waals surface area contributed by atoms with Crippen molar-refractivity contribution in [1.29, 1.82) is 0 Å². The Morgan fingerprint density at radius 1 is 1.43 bits per heavy atom. The third kappa shape index (κ3) is 3.31. The molecule has 0 radical (unpaired) electrons. The van der Waals surface area contributed by atoms with Gasteiger partial charge in [-0.1, -0.05) is 30.1 Å². The Labute approximate surface area is 132 Å². The average Bonchev–Trinajstić information content (AvgIpc) is 2.73. The maximum atomic E-state index is 12.1. The number of ether oxygens (including phenoxy) is 1. The molecule has 0 saturated heterocycles. The lowest BCUT2D eigenvalue weighted by molar-refractivity contribution is 0.0464. The van der Waals surface area contributed by atoms with E-state index in [0.717, 1.165) is 5.69 Å². The number of benzene rings is 1. The fourth-order valence-corrected chi connectivity index (χ4v) is 2.43. The molecule has 0 fully saturated rings. The van der Waals surface area contributed by atoms with Gasteiger partial charge in [0.15, 0.2) is 0 Å². The van der Waals surface area contributed by atoms with Crippen molar-refractivity contribution in [3.63, 3.8) is 0 Å². The maximum absolute atomic E-state index is 12.1. The van der Waals surface area contributed by atoms with Crippen LogP contribution in [0.1, 0.15) is 28.7 Å². The Kier molecular flexibility index (Phi) is 4.75. The summed E-state index contributed by atoms with van der Waals surface area (Å²) in [6.07, 6.45) is 0.710. The van der Waals surface area contributed by atoms with Crippen LogP contribution < -0.4 is 5.73 Å². The molecule has 112 valence electrons. The third-order valence-electron chi connectivity index (χ3n) is 3.05. The Bertz CT molecular complexity index is 683. The van der Waals surface area contributed by atoms with Crippen molar-refractivity contribution in [2.24, 2.45) is 7.05 Å². The van der Waals surface area contributed by atoms with Crippen LogP contribution in [0.15, 0.2) is 18.2 Å². The second-order valence-corrected chi connectivity index (χ2v) is 5.29. The van der Waals surface area contributed by atoms with E-state index < -0.39 is 5.97 Å². The van der Waals surface area contributed by atoms with E-state index in [2.05, 4.69) is 5.10 Å². The minimum atomic E-state index is -0.553. The summed E-state index contributed by atoms with van der Waals surface area (Å²) in [4.78, 5) is 12.1. The van der Waals surface area contributed by atoms with E-state index in [1.54, 1.807) is 23.9 Å². The molecule has 2 rings (SSSR count). The fourth-order valence-electron chi connectivity index (χ4n) is 1.89. The molecule has 0 aliphatic carbocycles. The molecule has 0 amide bonds. The average molecular weight is 328 g/mol. The van der Waals surface area contributed by atoms with Crippen molar-refractivity contribution in [2.75, 3.05) is 5.73 Å². The van der Waals surface area contributed by atoms with Crippen LogP contribution in [0.2, 0.25) is 10.0 Å². The first kappa shape index (κ1) is 15.7. The summed E-state index contributed by atoms with van der Waals surface area (Å²) in [6.45, 7) is 1.98. The molecule has 1 heterocycles. The van der Waals surface area contributed by atoms with Gasteiger partial charge in [-0.3, -0.25) is 4.68 Å². The molecule has 5 nitrogen and oxygen atoms in total. The molecule has 0 aliphatic heterocycles. The van der Waals surface area contributed by atoms with Gasteiger partial charge in [-0.25, -0.2) is 4.79 Å². The standard InChI is InChI=1S/C14H15Cl2N3O2/c1-3-11-13(16)12(19(2)18-11)7-21-14(20)9-6-8(17)4-5-10(9)15/h4-6H,3,7,17H2,1-2H3. The Morgan fingerprint density at radius 2 is 2.14 bits per heavy atom. The molecule has 1 aromatic heterocycles. The van der Waals surface area contributed by atoms with E-state index in [-0.39, 0.29) is 12.2 Å². The maximum Gasteiger partial charge on any atom is 0.340 e. The zero-order valence-corrected chi connectivity index (χ0v) is 13.2. The number of hydrogen-bond donors (Lipinski definition) is 1. The summed E-state index contributed by atoms with van der Waals surface area (Å²) in [5, 5.41) is 5.07. The first-order valence-corrected chi connectivity index (χ1v) is 7.12. The zero-order chi connectivity index (χ0) is 15.6. The predicted molar refractivity (Wildman–Crippen MR) is 82.6 cm³/mol. The minimum absolute atomic E-state index is 0.0201. The molecule has 0 bridgehead atoms. The molecule has 2 aromatic rings. The number of nitrogen functional groups attached to an aromatic ring is 1. The predicted octanol–water partition coefficient (Wildman–Crippen LogP) is 3.23. The lowest BCUT2D eigenvalue weighted by Gasteiger charge is -2.07. The number of aromatic nitrogens is 2. The minimum Gasteiger partial charge on any atom is -0.455 e. The number of carbonyl (C=O) groups excluding carboxylic acids is 1. The Balaban J connectivity index is 2.15. The number of halogens is 2. The van der Waals surface area contributed by atoms with Crippen LogP contribution in [0.4, 0.5) is 5.69 Å². The summed E-state index contributed by atoms with van der Waals surface area (Å²) < 4.78 is 6.85. The van der Waals surface area contributed by atoms with Crippen LogP contribution in [0.25, 0.3) is 0 Å². The molecular weight excluding hydrogens is 313 g/mol. The topological polar surface area (TPSA) is 70.1 Å². The summed E-state index contributed by atoms with van der Waals surface area (Å²) in [5.74, 6) is -0.553. The highest BCUT2D eigenvalue weighted by molar-refractivity contribution is 6.33. The summed E-state index contributed by atoms with van der Waals surface area (Å²) in [5.41, 5.74) is 7.72. The quantitative estimate of drug-likeness (QED) is 0.691. The van der Waals surface area contributed by atoms with Crippen LogP contribution in [0, 0.1) is 0 Å². The molecule has 0 unspecified atom stereocenters. The van der Waals surface area contributed by atoms with Gasteiger partial charge in [0.25, 0.3) is 0 Å². The van der Waals surface area contributed by atoms with Gasteiger partial charge in [0, 0.05) is 12.7 Å². The number of hydrogen-bond acceptors (Lipinski definition) is 4. The van der Waals surface area contributed by atoms with E-state index in [0.29, 0.717) is 27.8 Å². The summed E-state index contributed by atoms with van der Waals surface area (Å²) in [7, 11) is 1.75. The molecule has 0 spiro atoms. The van der Waals surface area contributed by atoms with Crippen molar-refractivity contribution >= 4 is 34.9 Å². The first-order valence-electron chi connectivity index (χ1n) is 6.36. The second kappa shape index (κ2) is 6.37. The molecular formula is C14H15Cl2N3O2. The van der Waals surface area contributed by atoms with Crippen molar-refractivity contribution in [3.05, 3.63) is 45.2 Å². The van der Waals surface area contributed by atoms with Crippen LogP contribution in [-0.2, 0) is 24.8 Å². The molecule has 0 atom stereocenters. The highest BCUT2D eigenvalue weighted by atomic mass is 35.5.